The number of likely N-dealkylation sites (tertiary alicyclic amines) is 2. The van der Waals surface area contributed by atoms with Crippen molar-refractivity contribution in [1.29, 1.82) is 10.5 Å². The summed E-state index contributed by atoms with van der Waals surface area (Å²) in [6.45, 7) is 7.00. The molecule has 0 bridgehead atoms. The number of nitriles is 2. The van der Waals surface area contributed by atoms with Crippen molar-refractivity contribution in [2.45, 2.75) is 45.4 Å². The van der Waals surface area contributed by atoms with Gasteiger partial charge in [0.05, 0.1) is 23.9 Å². The average Bonchev–Trinajstić information content (AvgIpc) is 3.93. The highest BCUT2D eigenvalue weighted by molar-refractivity contribution is 5.92. The van der Waals surface area contributed by atoms with E-state index in [1.165, 1.54) is 12.8 Å². The zero-order valence-electron chi connectivity index (χ0n) is 28.9. The molecular formula is C41H37N9O2. The number of hydrogen-bond donors (Lipinski definition) is 2. The van der Waals surface area contributed by atoms with Crippen molar-refractivity contribution in [1.82, 2.24) is 29.7 Å². The zero-order chi connectivity index (χ0) is 35.6. The zero-order valence-corrected chi connectivity index (χ0v) is 28.9. The predicted molar refractivity (Wildman–Crippen MR) is 200 cm³/mol. The van der Waals surface area contributed by atoms with Crippen LogP contribution in [0.4, 0.5) is 11.5 Å². The molecule has 6 aromatic rings. The molecule has 258 valence electrons. The Morgan fingerprint density at radius 1 is 0.923 bits per heavy atom. The Kier molecular flexibility index (Phi) is 9.14. The van der Waals surface area contributed by atoms with Gasteiger partial charge in [0.15, 0.2) is 11.4 Å². The number of aromatic nitrogens is 4. The number of anilines is 2. The third-order valence-corrected chi connectivity index (χ3v) is 10.0. The fraction of sp³-hybridized carbons (Fsp3) is 0.268. The summed E-state index contributed by atoms with van der Waals surface area (Å²) in [6, 6.07) is 20.3. The minimum absolute atomic E-state index is 0.260. The number of aliphatic hydroxyl groups is 1. The van der Waals surface area contributed by atoms with E-state index in [0.717, 1.165) is 71.4 Å². The maximum Gasteiger partial charge on any atom is 0.209 e. The molecule has 8 rings (SSSR count). The van der Waals surface area contributed by atoms with Gasteiger partial charge in [-0.05, 0) is 97.9 Å². The molecule has 11 heteroatoms. The lowest BCUT2D eigenvalue weighted by Crippen LogP contribution is -2.21. The molecule has 0 spiro atoms. The van der Waals surface area contributed by atoms with Crippen LogP contribution in [-0.2, 0) is 13.1 Å². The first kappa shape index (κ1) is 33.2. The average molecular weight is 688 g/mol. The number of benzene rings is 2. The van der Waals surface area contributed by atoms with E-state index < -0.39 is 0 Å². The van der Waals surface area contributed by atoms with E-state index in [-0.39, 0.29) is 6.10 Å². The number of hydrogen-bond acceptors (Lipinski definition) is 11. The third kappa shape index (κ3) is 6.61. The Balaban J connectivity index is 1.06. The molecule has 52 heavy (non-hydrogen) atoms. The van der Waals surface area contributed by atoms with E-state index in [1.807, 2.05) is 55.6 Å². The number of nitrogens with one attached hydrogen (secondary N) is 1. The fourth-order valence-corrected chi connectivity index (χ4v) is 7.31. The van der Waals surface area contributed by atoms with Crippen LogP contribution in [0, 0.1) is 29.6 Å². The van der Waals surface area contributed by atoms with Crippen LogP contribution in [0.25, 0.3) is 45.3 Å². The van der Waals surface area contributed by atoms with Gasteiger partial charge in [-0.25, -0.2) is 9.97 Å². The molecule has 1 atom stereocenters. The molecule has 2 N–H and O–H groups in total. The van der Waals surface area contributed by atoms with Gasteiger partial charge < -0.3 is 14.8 Å². The number of rotatable bonds is 9. The van der Waals surface area contributed by atoms with Gasteiger partial charge in [0.25, 0.3) is 0 Å². The molecule has 2 aromatic carbocycles. The SMILES string of the molecule is Cc1c(Nc2nccc3cc(CN4CC[C@@H](O)C4)cnc23)cccc1-c1ccnc(/C=C/c2ccc3nc(CN4CCCC4)oc3c2C#N)c1C#N. The van der Waals surface area contributed by atoms with Crippen LogP contribution in [0.2, 0.25) is 0 Å². The van der Waals surface area contributed by atoms with E-state index in [2.05, 4.69) is 48.3 Å². The van der Waals surface area contributed by atoms with E-state index in [0.29, 0.717) is 58.3 Å². The summed E-state index contributed by atoms with van der Waals surface area (Å²) < 4.78 is 6.09. The van der Waals surface area contributed by atoms with Crippen molar-refractivity contribution < 1.29 is 9.52 Å². The molecule has 4 aromatic heterocycles. The van der Waals surface area contributed by atoms with E-state index in [9.17, 15) is 15.6 Å². The molecule has 0 aliphatic carbocycles. The van der Waals surface area contributed by atoms with Gasteiger partial charge in [0.1, 0.15) is 28.7 Å². The van der Waals surface area contributed by atoms with Gasteiger partial charge in [-0.2, -0.15) is 10.5 Å². The van der Waals surface area contributed by atoms with Crippen molar-refractivity contribution in [3.8, 4) is 23.3 Å². The first-order valence-electron chi connectivity index (χ1n) is 17.6. The lowest BCUT2D eigenvalue weighted by molar-refractivity contribution is 0.175. The van der Waals surface area contributed by atoms with Crippen LogP contribution in [-0.4, -0.2) is 67.1 Å². The molecule has 2 aliphatic heterocycles. The summed E-state index contributed by atoms with van der Waals surface area (Å²) in [5.74, 6) is 1.25. The minimum atomic E-state index is -0.260. The molecule has 2 aliphatic rings. The van der Waals surface area contributed by atoms with Crippen molar-refractivity contribution in [3.63, 3.8) is 0 Å². The first-order valence-corrected chi connectivity index (χ1v) is 17.6. The van der Waals surface area contributed by atoms with Crippen LogP contribution in [0.3, 0.4) is 0 Å². The van der Waals surface area contributed by atoms with Crippen molar-refractivity contribution in [3.05, 3.63) is 107 Å². The number of fused-ring (bicyclic) bond motifs is 2. The molecule has 0 radical (unpaired) electrons. The number of aliphatic hydroxyl groups excluding tert-OH is 1. The number of nitrogens with zero attached hydrogens (tertiary/aromatic N) is 8. The normalized spacial score (nSPS) is 16.6. The van der Waals surface area contributed by atoms with Gasteiger partial charge >= 0.3 is 0 Å². The number of oxazole rings is 1. The van der Waals surface area contributed by atoms with E-state index >= 15 is 0 Å². The first-order chi connectivity index (χ1) is 25.5. The summed E-state index contributed by atoms with van der Waals surface area (Å²) in [5, 5.41) is 34.9. The maximum absolute atomic E-state index is 10.4. The Hall–Kier alpha value is -5.98. The quantitative estimate of drug-likeness (QED) is 0.162. The standard InChI is InChI=1S/C41H37N9O2/c1-26-31(5-4-6-35(26)48-41-39-29(11-14-45-41)19-27(22-46-39)23-50-18-13-30(51)24-50)32-12-15-44-36(34(32)21-43)9-7-28-8-10-37-40(33(28)20-42)52-38(47-37)25-49-16-2-3-17-49/h4-12,14-15,19,22,30,51H,2-3,13,16-18,23-25H2,1H3,(H,45,48)/b9-7+/t30-/m1/s1. The lowest BCUT2D eigenvalue weighted by atomic mass is 9.94. The highest BCUT2D eigenvalue weighted by Gasteiger charge is 2.21. The van der Waals surface area contributed by atoms with Crippen molar-refractivity contribution >= 4 is 45.7 Å². The predicted octanol–water partition coefficient (Wildman–Crippen LogP) is 6.96. The van der Waals surface area contributed by atoms with Gasteiger partial charge in [0, 0.05) is 54.9 Å². The molecule has 0 unspecified atom stereocenters. The second-order valence-corrected chi connectivity index (χ2v) is 13.5. The molecule has 0 amide bonds. The van der Waals surface area contributed by atoms with Gasteiger partial charge in [-0.1, -0.05) is 24.3 Å². The monoisotopic (exact) mass is 687 g/mol. The van der Waals surface area contributed by atoms with E-state index in [4.69, 9.17) is 9.40 Å². The van der Waals surface area contributed by atoms with E-state index in [1.54, 1.807) is 24.5 Å². The Morgan fingerprint density at radius 2 is 1.77 bits per heavy atom. The lowest BCUT2D eigenvalue weighted by Gasteiger charge is -2.16. The summed E-state index contributed by atoms with van der Waals surface area (Å²) in [5.41, 5.74) is 8.37. The van der Waals surface area contributed by atoms with Gasteiger partial charge in [-0.3, -0.25) is 19.8 Å². The smallest absolute Gasteiger partial charge is 0.209 e. The summed E-state index contributed by atoms with van der Waals surface area (Å²) in [6.07, 6.45) is 11.8. The van der Waals surface area contributed by atoms with Gasteiger partial charge in [-0.15, -0.1) is 0 Å². The number of pyridine rings is 3. The van der Waals surface area contributed by atoms with Crippen molar-refractivity contribution in [2.75, 3.05) is 31.5 Å². The van der Waals surface area contributed by atoms with Crippen LogP contribution in [0.15, 0.2) is 71.5 Å². The molecule has 6 heterocycles. The highest BCUT2D eigenvalue weighted by Crippen LogP contribution is 2.34. The van der Waals surface area contributed by atoms with Crippen molar-refractivity contribution in [2.24, 2.45) is 0 Å². The second kappa shape index (κ2) is 14.3. The maximum atomic E-state index is 10.4. The summed E-state index contributed by atoms with van der Waals surface area (Å²) in [4.78, 5) is 23.1. The second-order valence-electron chi connectivity index (χ2n) is 13.5. The fourth-order valence-electron chi connectivity index (χ4n) is 7.31. The Bertz CT molecular complexity index is 2420. The molecule has 11 nitrogen and oxygen atoms in total. The molecular weight excluding hydrogens is 651 g/mol. The largest absolute Gasteiger partial charge is 0.438 e. The molecule has 0 saturated carbocycles. The summed E-state index contributed by atoms with van der Waals surface area (Å²) >= 11 is 0. The Labute approximate surface area is 301 Å². The molecule has 2 fully saturated rings. The Morgan fingerprint density at radius 3 is 2.58 bits per heavy atom. The minimum Gasteiger partial charge on any atom is -0.438 e. The van der Waals surface area contributed by atoms with Crippen LogP contribution < -0.4 is 5.32 Å². The molecule has 2 saturated heterocycles. The van der Waals surface area contributed by atoms with Crippen LogP contribution in [0.1, 0.15) is 58.7 Å². The summed E-state index contributed by atoms with van der Waals surface area (Å²) in [7, 11) is 0. The highest BCUT2D eigenvalue weighted by atomic mass is 16.3. The van der Waals surface area contributed by atoms with Crippen LogP contribution >= 0.6 is 0 Å². The topological polar surface area (TPSA) is 151 Å². The number of β-amino-alcohol motifs (C(OH)–C–C–N with tert-alkyl or cyclic N) is 1. The third-order valence-electron chi connectivity index (χ3n) is 10.0. The van der Waals surface area contributed by atoms with Gasteiger partial charge in [0.2, 0.25) is 5.89 Å². The van der Waals surface area contributed by atoms with Crippen LogP contribution in [0.5, 0.6) is 0 Å².